The molecule has 2 N–H and O–H groups in total. The third-order valence-corrected chi connectivity index (χ3v) is 3.50. The van der Waals surface area contributed by atoms with Crippen molar-refractivity contribution in [2.45, 2.75) is 26.8 Å². The third-order valence-electron chi connectivity index (χ3n) is 3.27. The van der Waals surface area contributed by atoms with Crippen molar-refractivity contribution in [3.63, 3.8) is 0 Å². The monoisotopic (exact) mass is 305 g/mol. The first-order chi connectivity index (χ1) is 10.0. The van der Waals surface area contributed by atoms with E-state index in [0.717, 1.165) is 22.6 Å². The summed E-state index contributed by atoms with van der Waals surface area (Å²) in [6.45, 7) is 6.46. The summed E-state index contributed by atoms with van der Waals surface area (Å²) < 4.78 is 5.59. The molecule has 0 bridgehead atoms. The number of aryl methyl sites for hydroxylation is 1. The Hall–Kier alpha value is -1.87. The molecule has 0 radical (unpaired) electrons. The second-order valence-electron chi connectivity index (χ2n) is 5.00. The maximum atomic E-state index is 10.1. The molecule has 0 saturated carbocycles. The van der Waals surface area contributed by atoms with E-state index in [4.69, 9.17) is 16.3 Å². The van der Waals surface area contributed by atoms with Gasteiger partial charge in [-0.15, -0.1) is 0 Å². The van der Waals surface area contributed by atoms with E-state index >= 15 is 0 Å². The highest BCUT2D eigenvalue weighted by Gasteiger charge is 2.13. The van der Waals surface area contributed by atoms with Crippen LogP contribution in [0.3, 0.4) is 0 Å². The van der Waals surface area contributed by atoms with Crippen molar-refractivity contribution in [2.24, 2.45) is 0 Å². The van der Waals surface area contributed by atoms with Crippen molar-refractivity contribution in [3.05, 3.63) is 52.5 Å². The van der Waals surface area contributed by atoms with Gasteiger partial charge in [0.15, 0.2) is 0 Å². The Bertz CT molecular complexity index is 628. The summed E-state index contributed by atoms with van der Waals surface area (Å²) in [4.78, 5) is 0. The van der Waals surface area contributed by atoms with Gasteiger partial charge in [0, 0.05) is 10.6 Å². The first kappa shape index (κ1) is 15.5. The summed E-state index contributed by atoms with van der Waals surface area (Å²) in [7, 11) is 0. The largest absolute Gasteiger partial charge is 0.508 e. The molecular weight excluding hydrogens is 286 g/mol. The highest BCUT2D eigenvalue weighted by Crippen LogP contribution is 2.33. The van der Waals surface area contributed by atoms with E-state index in [1.807, 2.05) is 45.0 Å². The summed E-state index contributed by atoms with van der Waals surface area (Å²) in [5.74, 6) is 1.04. The second kappa shape index (κ2) is 6.72. The molecule has 2 rings (SSSR count). The lowest BCUT2D eigenvalue weighted by molar-refractivity contribution is 0.341. The molecule has 4 heteroatoms. The molecule has 0 saturated heterocycles. The quantitative estimate of drug-likeness (QED) is 0.823. The molecular formula is C17H20ClNO2. The highest BCUT2D eigenvalue weighted by molar-refractivity contribution is 6.30. The number of hydrogen-bond acceptors (Lipinski definition) is 3. The van der Waals surface area contributed by atoms with Crippen LogP contribution >= 0.6 is 11.6 Å². The molecule has 0 fully saturated rings. The van der Waals surface area contributed by atoms with Gasteiger partial charge in [0.1, 0.15) is 11.5 Å². The van der Waals surface area contributed by atoms with E-state index in [2.05, 4.69) is 5.32 Å². The maximum absolute atomic E-state index is 10.1. The van der Waals surface area contributed by atoms with E-state index in [-0.39, 0.29) is 11.8 Å². The molecule has 1 atom stereocenters. The van der Waals surface area contributed by atoms with Crippen molar-refractivity contribution < 1.29 is 9.84 Å². The standard InChI is InChI=1S/C17H20ClNO2/c1-4-21-17-8-6-13(18)10-15(17)19-12(3)14-7-5-11(2)9-16(14)20/h5-10,12,19-20H,4H2,1-3H3. The summed E-state index contributed by atoms with van der Waals surface area (Å²) in [5.41, 5.74) is 2.68. The van der Waals surface area contributed by atoms with E-state index in [1.54, 1.807) is 12.1 Å². The van der Waals surface area contributed by atoms with E-state index in [0.29, 0.717) is 11.6 Å². The van der Waals surface area contributed by atoms with E-state index in [1.165, 1.54) is 0 Å². The van der Waals surface area contributed by atoms with Gasteiger partial charge in [-0.1, -0.05) is 23.7 Å². The van der Waals surface area contributed by atoms with Gasteiger partial charge in [-0.25, -0.2) is 0 Å². The van der Waals surface area contributed by atoms with Crippen LogP contribution < -0.4 is 10.1 Å². The third kappa shape index (κ3) is 3.82. The Morgan fingerprint density at radius 3 is 2.67 bits per heavy atom. The average Bonchev–Trinajstić information content (AvgIpc) is 2.41. The topological polar surface area (TPSA) is 41.5 Å². The average molecular weight is 306 g/mol. The highest BCUT2D eigenvalue weighted by atomic mass is 35.5. The number of anilines is 1. The predicted octanol–water partition coefficient (Wildman–Crippen LogP) is 4.93. The van der Waals surface area contributed by atoms with Gasteiger partial charge in [0.05, 0.1) is 18.3 Å². The van der Waals surface area contributed by atoms with Gasteiger partial charge in [-0.2, -0.15) is 0 Å². The minimum atomic E-state index is -0.0664. The Balaban J connectivity index is 2.26. The van der Waals surface area contributed by atoms with E-state index in [9.17, 15) is 5.11 Å². The van der Waals surface area contributed by atoms with Crippen LogP contribution in [0.4, 0.5) is 5.69 Å². The molecule has 2 aromatic rings. The molecule has 0 aliphatic heterocycles. The number of halogens is 1. The fourth-order valence-electron chi connectivity index (χ4n) is 2.23. The van der Waals surface area contributed by atoms with Gasteiger partial charge in [0.2, 0.25) is 0 Å². The molecule has 0 amide bonds. The summed E-state index contributed by atoms with van der Waals surface area (Å²) >= 11 is 6.05. The Kier molecular flexibility index (Phi) is 4.97. The van der Waals surface area contributed by atoms with Crippen LogP contribution in [0.5, 0.6) is 11.5 Å². The Labute approximate surface area is 130 Å². The minimum Gasteiger partial charge on any atom is -0.508 e. The minimum absolute atomic E-state index is 0.0664. The number of rotatable bonds is 5. The van der Waals surface area contributed by atoms with Crippen molar-refractivity contribution in [2.75, 3.05) is 11.9 Å². The van der Waals surface area contributed by atoms with E-state index < -0.39 is 0 Å². The number of ether oxygens (including phenoxy) is 1. The maximum Gasteiger partial charge on any atom is 0.142 e. The molecule has 0 heterocycles. The van der Waals surface area contributed by atoms with Crippen molar-refractivity contribution >= 4 is 17.3 Å². The van der Waals surface area contributed by atoms with Gasteiger partial charge in [0.25, 0.3) is 0 Å². The van der Waals surface area contributed by atoms with Crippen molar-refractivity contribution in [1.29, 1.82) is 0 Å². The zero-order chi connectivity index (χ0) is 15.4. The summed E-state index contributed by atoms with van der Waals surface area (Å²) in [5, 5.41) is 14.1. The molecule has 3 nitrogen and oxygen atoms in total. The lowest BCUT2D eigenvalue weighted by Gasteiger charge is -2.19. The molecule has 0 spiro atoms. The fraction of sp³-hybridized carbons (Fsp3) is 0.294. The van der Waals surface area contributed by atoms with Gasteiger partial charge in [-0.3, -0.25) is 0 Å². The summed E-state index contributed by atoms with van der Waals surface area (Å²) in [6.07, 6.45) is 0. The molecule has 0 aliphatic carbocycles. The predicted molar refractivity (Wildman–Crippen MR) is 87.5 cm³/mol. The number of phenols is 1. The molecule has 21 heavy (non-hydrogen) atoms. The zero-order valence-electron chi connectivity index (χ0n) is 12.5. The van der Waals surface area contributed by atoms with Crippen LogP contribution in [-0.2, 0) is 0 Å². The van der Waals surface area contributed by atoms with Crippen molar-refractivity contribution in [1.82, 2.24) is 0 Å². The number of benzene rings is 2. The molecule has 0 aliphatic rings. The Morgan fingerprint density at radius 2 is 2.00 bits per heavy atom. The van der Waals surface area contributed by atoms with Crippen LogP contribution in [0.15, 0.2) is 36.4 Å². The second-order valence-corrected chi connectivity index (χ2v) is 5.44. The lowest BCUT2D eigenvalue weighted by atomic mass is 10.0. The normalized spacial score (nSPS) is 12.0. The number of nitrogens with one attached hydrogen (secondary N) is 1. The first-order valence-corrected chi connectivity index (χ1v) is 7.37. The fourth-order valence-corrected chi connectivity index (χ4v) is 2.40. The Morgan fingerprint density at radius 1 is 1.24 bits per heavy atom. The van der Waals surface area contributed by atoms with Crippen LogP contribution in [0.25, 0.3) is 0 Å². The van der Waals surface area contributed by atoms with Crippen LogP contribution in [0.2, 0.25) is 5.02 Å². The molecule has 112 valence electrons. The van der Waals surface area contributed by atoms with Crippen LogP contribution in [0, 0.1) is 6.92 Å². The van der Waals surface area contributed by atoms with Crippen LogP contribution in [0.1, 0.15) is 31.0 Å². The van der Waals surface area contributed by atoms with Crippen molar-refractivity contribution in [3.8, 4) is 11.5 Å². The summed E-state index contributed by atoms with van der Waals surface area (Å²) in [6, 6.07) is 11.1. The van der Waals surface area contributed by atoms with Gasteiger partial charge >= 0.3 is 0 Å². The van der Waals surface area contributed by atoms with Gasteiger partial charge < -0.3 is 15.2 Å². The van der Waals surface area contributed by atoms with Gasteiger partial charge in [-0.05, 0) is 50.6 Å². The van der Waals surface area contributed by atoms with Crippen LogP contribution in [-0.4, -0.2) is 11.7 Å². The number of phenolic OH excluding ortho intramolecular Hbond substituents is 1. The molecule has 2 aromatic carbocycles. The first-order valence-electron chi connectivity index (χ1n) is 6.99. The SMILES string of the molecule is CCOc1ccc(Cl)cc1NC(C)c1ccc(C)cc1O. The number of aromatic hydroxyl groups is 1. The number of hydrogen-bond donors (Lipinski definition) is 2. The lowest BCUT2D eigenvalue weighted by Crippen LogP contribution is -2.08. The zero-order valence-corrected chi connectivity index (χ0v) is 13.2. The molecule has 0 aromatic heterocycles. The smallest absolute Gasteiger partial charge is 0.142 e. The molecule has 1 unspecified atom stereocenters.